The zero-order chi connectivity index (χ0) is 12.9. The van der Waals surface area contributed by atoms with Crippen molar-refractivity contribution in [2.45, 2.75) is 65.7 Å². The SMILES string of the molecule is C=CCCCCCCC(CC)CN(CC)CC. The summed E-state index contributed by atoms with van der Waals surface area (Å²) in [5.74, 6) is 0.911. The second-order valence-corrected chi connectivity index (χ2v) is 5.04. The Labute approximate surface area is 109 Å². The Kier molecular flexibility index (Phi) is 12.0. The van der Waals surface area contributed by atoms with Crippen molar-refractivity contribution in [3.05, 3.63) is 12.7 Å². The number of allylic oxidation sites excluding steroid dienone is 1. The van der Waals surface area contributed by atoms with Crippen molar-refractivity contribution in [3.8, 4) is 0 Å². The van der Waals surface area contributed by atoms with Gasteiger partial charge < -0.3 is 4.90 Å². The van der Waals surface area contributed by atoms with Gasteiger partial charge in [-0.05, 0) is 38.3 Å². The van der Waals surface area contributed by atoms with Gasteiger partial charge in [0.15, 0.2) is 0 Å². The van der Waals surface area contributed by atoms with Gasteiger partial charge >= 0.3 is 0 Å². The maximum Gasteiger partial charge on any atom is 0.000932 e. The number of hydrogen-bond acceptors (Lipinski definition) is 1. The minimum atomic E-state index is 0.911. The van der Waals surface area contributed by atoms with E-state index >= 15 is 0 Å². The van der Waals surface area contributed by atoms with E-state index in [2.05, 4.69) is 32.3 Å². The number of unbranched alkanes of at least 4 members (excludes halogenated alkanes) is 4. The summed E-state index contributed by atoms with van der Waals surface area (Å²) in [6.45, 7) is 14.3. The smallest absolute Gasteiger partial charge is 0.000932 e. The molecule has 0 spiro atoms. The lowest BCUT2D eigenvalue weighted by Gasteiger charge is -2.24. The normalized spacial score (nSPS) is 12.9. The number of nitrogens with zero attached hydrogens (tertiary/aromatic N) is 1. The molecule has 0 aliphatic carbocycles. The first-order valence-electron chi connectivity index (χ1n) is 7.61. The Bertz CT molecular complexity index is 161. The topological polar surface area (TPSA) is 3.24 Å². The first kappa shape index (κ1) is 16.7. The van der Waals surface area contributed by atoms with Crippen molar-refractivity contribution in [3.63, 3.8) is 0 Å². The van der Waals surface area contributed by atoms with Gasteiger partial charge in [-0.2, -0.15) is 0 Å². The molecule has 0 bridgehead atoms. The summed E-state index contributed by atoms with van der Waals surface area (Å²) < 4.78 is 0. The van der Waals surface area contributed by atoms with E-state index in [4.69, 9.17) is 0 Å². The summed E-state index contributed by atoms with van der Waals surface area (Å²) in [6.07, 6.45) is 11.5. The minimum Gasteiger partial charge on any atom is -0.304 e. The second kappa shape index (κ2) is 12.2. The Morgan fingerprint density at radius 3 is 2.18 bits per heavy atom. The summed E-state index contributed by atoms with van der Waals surface area (Å²) >= 11 is 0. The average Bonchev–Trinajstić information content (AvgIpc) is 2.37. The summed E-state index contributed by atoms with van der Waals surface area (Å²) in [6, 6.07) is 0. The van der Waals surface area contributed by atoms with E-state index in [1.165, 1.54) is 64.6 Å². The third-order valence-corrected chi connectivity index (χ3v) is 3.76. The molecule has 0 aromatic heterocycles. The molecule has 1 unspecified atom stereocenters. The van der Waals surface area contributed by atoms with Gasteiger partial charge in [0.25, 0.3) is 0 Å². The molecule has 0 saturated heterocycles. The first-order valence-corrected chi connectivity index (χ1v) is 7.61. The van der Waals surface area contributed by atoms with Crippen LogP contribution >= 0.6 is 0 Å². The van der Waals surface area contributed by atoms with E-state index < -0.39 is 0 Å². The Hall–Kier alpha value is -0.300. The summed E-state index contributed by atoms with van der Waals surface area (Å²) in [5, 5.41) is 0. The van der Waals surface area contributed by atoms with Gasteiger partial charge in [0, 0.05) is 6.54 Å². The van der Waals surface area contributed by atoms with Crippen LogP contribution in [0.25, 0.3) is 0 Å². The van der Waals surface area contributed by atoms with Gasteiger partial charge in [-0.15, -0.1) is 6.58 Å². The molecule has 0 aliphatic rings. The molecule has 1 heteroatoms. The molecule has 0 heterocycles. The van der Waals surface area contributed by atoms with Crippen LogP contribution in [0.1, 0.15) is 65.7 Å². The number of hydrogen-bond donors (Lipinski definition) is 0. The van der Waals surface area contributed by atoms with Crippen LogP contribution in [0.4, 0.5) is 0 Å². The molecular weight excluding hydrogens is 206 g/mol. The minimum absolute atomic E-state index is 0.911. The van der Waals surface area contributed by atoms with Crippen LogP contribution in [0, 0.1) is 5.92 Å². The lowest BCUT2D eigenvalue weighted by Crippen LogP contribution is -2.29. The van der Waals surface area contributed by atoms with Gasteiger partial charge in [0.1, 0.15) is 0 Å². The highest BCUT2D eigenvalue weighted by Crippen LogP contribution is 2.16. The van der Waals surface area contributed by atoms with E-state index in [0.717, 1.165) is 5.92 Å². The maximum absolute atomic E-state index is 3.77. The van der Waals surface area contributed by atoms with Crippen molar-refractivity contribution < 1.29 is 0 Å². The standard InChI is InChI=1S/C16H33N/c1-5-9-10-11-12-13-14-16(6-2)15-17(7-3)8-4/h5,16H,1,6-15H2,2-4H3. The summed E-state index contributed by atoms with van der Waals surface area (Å²) in [7, 11) is 0. The number of rotatable bonds is 12. The molecule has 0 aromatic rings. The quantitative estimate of drug-likeness (QED) is 0.346. The van der Waals surface area contributed by atoms with Gasteiger partial charge in [0.2, 0.25) is 0 Å². The molecule has 17 heavy (non-hydrogen) atoms. The highest BCUT2D eigenvalue weighted by Gasteiger charge is 2.09. The Morgan fingerprint density at radius 2 is 1.65 bits per heavy atom. The summed E-state index contributed by atoms with van der Waals surface area (Å²) in [4.78, 5) is 2.56. The van der Waals surface area contributed by atoms with E-state index in [-0.39, 0.29) is 0 Å². The molecule has 0 fully saturated rings. The van der Waals surface area contributed by atoms with Crippen LogP contribution in [-0.2, 0) is 0 Å². The molecule has 0 saturated carbocycles. The highest BCUT2D eigenvalue weighted by molar-refractivity contribution is 4.66. The monoisotopic (exact) mass is 239 g/mol. The Morgan fingerprint density at radius 1 is 1.00 bits per heavy atom. The molecule has 0 amide bonds. The zero-order valence-corrected chi connectivity index (χ0v) is 12.4. The summed E-state index contributed by atoms with van der Waals surface area (Å²) in [5.41, 5.74) is 0. The highest BCUT2D eigenvalue weighted by atomic mass is 15.1. The van der Waals surface area contributed by atoms with Crippen LogP contribution in [0.15, 0.2) is 12.7 Å². The Balaban J connectivity index is 3.56. The average molecular weight is 239 g/mol. The van der Waals surface area contributed by atoms with Crippen LogP contribution in [0.2, 0.25) is 0 Å². The largest absolute Gasteiger partial charge is 0.304 e. The lowest BCUT2D eigenvalue weighted by atomic mass is 9.97. The van der Waals surface area contributed by atoms with Crippen LogP contribution < -0.4 is 0 Å². The molecular formula is C16H33N. The van der Waals surface area contributed by atoms with Crippen molar-refractivity contribution in [1.29, 1.82) is 0 Å². The molecule has 0 rings (SSSR count). The maximum atomic E-state index is 3.77. The van der Waals surface area contributed by atoms with Gasteiger partial charge in [-0.3, -0.25) is 0 Å². The van der Waals surface area contributed by atoms with Crippen molar-refractivity contribution in [1.82, 2.24) is 4.90 Å². The fourth-order valence-corrected chi connectivity index (χ4v) is 2.35. The molecule has 0 aromatic carbocycles. The van der Waals surface area contributed by atoms with Gasteiger partial charge in [0.05, 0.1) is 0 Å². The molecule has 1 nitrogen and oxygen atoms in total. The van der Waals surface area contributed by atoms with Gasteiger partial charge in [-0.25, -0.2) is 0 Å². The fraction of sp³-hybridized carbons (Fsp3) is 0.875. The predicted octanol–water partition coefficient (Wildman–Crippen LogP) is 4.88. The molecule has 0 radical (unpaired) electrons. The van der Waals surface area contributed by atoms with E-state index in [1.807, 2.05) is 6.08 Å². The van der Waals surface area contributed by atoms with Crippen molar-refractivity contribution in [2.75, 3.05) is 19.6 Å². The molecule has 102 valence electrons. The molecule has 1 atom stereocenters. The lowest BCUT2D eigenvalue weighted by molar-refractivity contribution is 0.237. The van der Waals surface area contributed by atoms with Crippen molar-refractivity contribution >= 4 is 0 Å². The third kappa shape index (κ3) is 9.41. The van der Waals surface area contributed by atoms with Crippen LogP contribution in [-0.4, -0.2) is 24.5 Å². The van der Waals surface area contributed by atoms with E-state index in [9.17, 15) is 0 Å². The van der Waals surface area contributed by atoms with E-state index in [1.54, 1.807) is 0 Å². The molecule has 0 aliphatic heterocycles. The van der Waals surface area contributed by atoms with Crippen LogP contribution in [0.3, 0.4) is 0 Å². The second-order valence-electron chi connectivity index (χ2n) is 5.04. The predicted molar refractivity (Wildman–Crippen MR) is 79.5 cm³/mol. The third-order valence-electron chi connectivity index (χ3n) is 3.76. The zero-order valence-electron chi connectivity index (χ0n) is 12.4. The first-order chi connectivity index (χ1) is 8.28. The van der Waals surface area contributed by atoms with E-state index in [0.29, 0.717) is 0 Å². The van der Waals surface area contributed by atoms with Gasteiger partial charge in [-0.1, -0.05) is 52.5 Å². The fourth-order valence-electron chi connectivity index (χ4n) is 2.35. The molecule has 0 N–H and O–H groups in total. The van der Waals surface area contributed by atoms with Crippen LogP contribution in [0.5, 0.6) is 0 Å². The van der Waals surface area contributed by atoms with Crippen molar-refractivity contribution in [2.24, 2.45) is 5.92 Å².